The first-order chi connectivity index (χ1) is 18.1. The lowest BCUT2D eigenvalue weighted by atomic mass is 10.0. The quantitative estimate of drug-likeness (QED) is 0.102. The van der Waals surface area contributed by atoms with Crippen molar-refractivity contribution in [2.75, 3.05) is 0 Å². The van der Waals surface area contributed by atoms with Gasteiger partial charge in [0.1, 0.15) is 0 Å². The van der Waals surface area contributed by atoms with E-state index in [4.69, 9.17) is 4.43 Å². The Morgan fingerprint density at radius 1 is 0.513 bits per heavy atom. The first-order valence-corrected chi connectivity index (χ1v) is 18.2. The average molecular weight is 603 g/mol. The number of hydrogen-bond donors (Lipinski definition) is 0. The van der Waals surface area contributed by atoms with E-state index in [9.17, 15) is 22.0 Å². The van der Waals surface area contributed by atoms with Gasteiger partial charge in [-0.25, -0.2) is 30.7 Å². The van der Waals surface area contributed by atoms with E-state index in [0.717, 1.165) is 24.2 Å². The molecule has 0 aliphatic carbocycles. The van der Waals surface area contributed by atoms with Crippen molar-refractivity contribution in [2.24, 2.45) is 0 Å². The van der Waals surface area contributed by atoms with Gasteiger partial charge in [-0.15, -0.1) is 0 Å². The smallest absolute Gasteiger partial charge is 0.256 e. The van der Waals surface area contributed by atoms with Crippen LogP contribution in [-0.4, -0.2) is 16.4 Å². The molecule has 0 amide bonds. The van der Waals surface area contributed by atoms with E-state index in [2.05, 4.69) is 20.8 Å². The predicted octanol–water partition coefficient (Wildman–Crippen LogP) is 10.6. The second-order valence-corrected chi connectivity index (χ2v) is 21.2. The molecule has 0 atom stereocenters. The van der Waals surface area contributed by atoms with E-state index in [1.54, 1.807) is 27.7 Å². The summed E-state index contributed by atoms with van der Waals surface area (Å²) in [6, 6.07) is 4.59. The van der Waals surface area contributed by atoms with Crippen LogP contribution < -0.4 is 4.43 Å². The number of benzene rings is 2. The highest BCUT2D eigenvalue weighted by Crippen LogP contribution is 2.45. The van der Waals surface area contributed by atoms with Crippen molar-refractivity contribution in [2.45, 2.75) is 96.2 Å². The lowest BCUT2D eigenvalue weighted by Gasteiger charge is -2.40. The largest absolute Gasteiger partial charge is 0.539 e. The molecule has 0 unspecified atom stereocenters. The van der Waals surface area contributed by atoms with Crippen LogP contribution in [0.25, 0.3) is 11.1 Å². The lowest BCUT2D eigenvalue weighted by Crippen LogP contribution is -2.48. The normalized spacial score (nSPS) is 12.7. The number of halogens is 9. The van der Waals surface area contributed by atoms with Crippen LogP contribution in [-0.2, 0) is 0 Å². The zero-order valence-corrected chi connectivity index (χ0v) is 25.2. The second-order valence-electron chi connectivity index (χ2n) is 10.7. The summed E-state index contributed by atoms with van der Waals surface area (Å²) in [5.41, 5.74) is -4.66. The molecular formula is C27H35F9OSi2. The highest BCUT2D eigenvalue weighted by Gasteiger charge is 2.46. The third kappa shape index (κ3) is 5.91. The molecule has 2 rings (SSSR count). The van der Waals surface area contributed by atoms with E-state index in [1.807, 2.05) is 0 Å². The fourth-order valence-corrected chi connectivity index (χ4v) is 13.7. The Bertz CT molecular complexity index is 1120. The minimum Gasteiger partial charge on any atom is -0.539 e. The summed E-state index contributed by atoms with van der Waals surface area (Å²) in [5, 5.41) is 0. The first kappa shape index (κ1) is 33.3. The molecule has 0 aliphatic heterocycles. The molecule has 0 radical (unpaired) electrons. The van der Waals surface area contributed by atoms with Gasteiger partial charge in [-0.3, -0.25) is 0 Å². The van der Waals surface area contributed by atoms with Crippen molar-refractivity contribution >= 4 is 16.4 Å². The standard InChI is InChI=1S/C27H35F9OSi2/c1-8-38(9-2,10-3)12-11-13-39(14(4)5,15(6)7)37-27-25(35)20(30)17(21(31)26(27)36)16-18(28)22(32)24(34)23(33)19(16)29/h14-15H,8-13H2,1-7H3. The molecule has 0 saturated carbocycles. The predicted molar refractivity (Wildman–Crippen MR) is 140 cm³/mol. The fourth-order valence-electron chi connectivity index (χ4n) is 5.49. The van der Waals surface area contributed by atoms with Gasteiger partial charge in [0.25, 0.3) is 8.32 Å². The van der Waals surface area contributed by atoms with Gasteiger partial charge in [-0.1, -0.05) is 79.1 Å². The van der Waals surface area contributed by atoms with Gasteiger partial charge in [0.05, 0.1) is 19.2 Å². The Balaban J connectivity index is 2.68. The van der Waals surface area contributed by atoms with Crippen molar-refractivity contribution in [3.05, 3.63) is 52.4 Å². The Hall–Kier alpha value is -1.96. The summed E-state index contributed by atoms with van der Waals surface area (Å²) in [5.74, 6) is -23.1. The molecule has 0 fully saturated rings. The molecule has 0 saturated heterocycles. The van der Waals surface area contributed by atoms with Crippen LogP contribution in [0.1, 0.15) is 54.9 Å². The van der Waals surface area contributed by atoms with Crippen LogP contribution in [0.5, 0.6) is 5.75 Å². The lowest BCUT2D eigenvalue weighted by molar-refractivity contribution is 0.371. The maximum absolute atomic E-state index is 15.3. The molecule has 39 heavy (non-hydrogen) atoms. The van der Waals surface area contributed by atoms with Crippen molar-refractivity contribution in [1.82, 2.24) is 0 Å². The molecule has 2 aromatic rings. The number of hydrogen-bond acceptors (Lipinski definition) is 1. The second kappa shape index (κ2) is 12.7. The van der Waals surface area contributed by atoms with Crippen molar-refractivity contribution in [3.8, 4) is 16.9 Å². The maximum atomic E-state index is 15.3. The minimum atomic E-state index is -3.19. The summed E-state index contributed by atoms with van der Waals surface area (Å²) in [6.07, 6.45) is 0.696. The summed E-state index contributed by atoms with van der Waals surface area (Å²) in [6.45, 7) is 13.6. The van der Waals surface area contributed by atoms with Crippen LogP contribution in [0.15, 0.2) is 0 Å². The molecule has 12 heteroatoms. The van der Waals surface area contributed by atoms with Gasteiger partial charge >= 0.3 is 0 Å². The van der Waals surface area contributed by atoms with Crippen LogP contribution in [0.2, 0.25) is 41.3 Å². The van der Waals surface area contributed by atoms with Gasteiger partial charge < -0.3 is 4.43 Å². The van der Waals surface area contributed by atoms with Gasteiger partial charge in [-0.2, -0.15) is 8.78 Å². The average Bonchev–Trinajstić information content (AvgIpc) is 2.90. The van der Waals surface area contributed by atoms with E-state index in [-0.39, 0.29) is 11.1 Å². The third-order valence-corrected chi connectivity index (χ3v) is 20.0. The van der Waals surface area contributed by atoms with Crippen molar-refractivity contribution < 1.29 is 43.9 Å². The van der Waals surface area contributed by atoms with Gasteiger partial charge in [0.15, 0.2) is 40.7 Å². The monoisotopic (exact) mass is 602 g/mol. The van der Waals surface area contributed by atoms with Crippen LogP contribution in [0.3, 0.4) is 0 Å². The molecule has 2 aromatic carbocycles. The van der Waals surface area contributed by atoms with Gasteiger partial charge in [0, 0.05) is 0 Å². The Morgan fingerprint density at radius 2 is 0.846 bits per heavy atom. The molecular weight excluding hydrogens is 567 g/mol. The number of rotatable bonds is 12. The highest BCUT2D eigenvalue weighted by atomic mass is 28.4. The highest BCUT2D eigenvalue weighted by molar-refractivity contribution is 6.80. The summed E-state index contributed by atoms with van der Waals surface area (Å²) in [4.78, 5) is 0. The van der Waals surface area contributed by atoms with E-state index >= 15 is 17.6 Å². The summed E-state index contributed by atoms with van der Waals surface area (Å²) in [7, 11) is -4.74. The Morgan fingerprint density at radius 3 is 1.18 bits per heavy atom. The maximum Gasteiger partial charge on any atom is 0.256 e. The van der Waals surface area contributed by atoms with Crippen molar-refractivity contribution in [1.29, 1.82) is 0 Å². The van der Waals surface area contributed by atoms with E-state index < -0.39 is 85.6 Å². The minimum absolute atomic E-state index is 0.252. The van der Waals surface area contributed by atoms with Gasteiger partial charge in [-0.05, 0) is 17.1 Å². The van der Waals surface area contributed by atoms with Crippen molar-refractivity contribution in [3.63, 3.8) is 0 Å². The fraction of sp³-hybridized carbons (Fsp3) is 0.556. The Kier molecular flexibility index (Phi) is 10.8. The van der Waals surface area contributed by atoms with Crippen LogP contribution in [0, 0.1) is 52.4 Å². The first-order valence-electron chi connectivity index (χ1n) is 13.1. The molecule has 0 heterocycles. The zero-order valence-electron chi connectivity index (χ0n) is 23.2. The SMILES string of the molecule is CC[Si](CC)(CC)CCC[Si](Oc1c(F)c(F)c(-c2c(F)c(F)c(F)c(F)c2F)c(F)c1F)(C(C)C)C(C)C. The van der Waals surface area contributed by atoms with E-state index in [1.165, 1.54) is 0 Å². The Labute approximate surface area is 225 Å². The van der Waals surface area contributed by atoms with E-state index in [0.29, 0.717) is 12.5 Å². The molecule has 0 aliphatic rings. The molecule has 220 valence electrons. The third-order valence-electron chi connectivity index (χ3n) is 8.45. The van der Waals surface area contributed by atoms with Crippen LogP contribution >= 0.6 is 0 Å². The summed E-state index contributed by atoms with van der Waals surface area (Å²) < 4.78 is 136. The topological polar surface area (TPSA) is 9.23 Å². The van der Waals surface area contributed by atoms with Crippen LogP contribution in [0.4, 0.5) is 39.5 Å². The van der Waals surface area contributed by atoms with Gasteiger partial charge in [0.2, 0.25) is 17.5 Å². The molecule has 0 spiro atoms. The molecule has 0 bridgehead atoms. The molecule has 0 aromatic heterocycles. The molecule has 1 nitrogen and oxygen atoms in total. The zero-order chi connectivity index (χ0) is 30.0. The summed E-state index contributed by atoms with van der Waals surface area (Å²) >= 11 is 0. The molecule has 0 N–H and O–H groups in total.